The molecule has 3 rings (SSSR count). The Labute approximate surface area is 127 Å². The van der Waals surface area contributed by atoms with E-state index in [2.05, 4.69) is 20.4 Å². The maximum atomic E-state index is 5.46. The van der Waals surface area contributed by atoms with E-state index in [1.54, 1.807) is 25.0 Å². The van der Waals surface area contributed by atoms with Gasteiger partial charge < -0.3 is 19.2 Å². The molecule has 0 fully saturated rings. The topological polar surface area (TPSA) is 86.7 Å². The van der Waals surface area contributed by atoms with E-state index in [0.717, 1.165) is 17.3 Å². The fourth-order valence-corrected chi connectivity index (χ4v) is 2.22. The Hall–Kier alpha value is -2.45. The van der Waals surface area contributed by atoms with Crippen LogP contribution in [-0.4, -0.2) is 40.4 Å². The van der Waals surface area contributed by atoms with Crippen LogP contribution < -0.4 is 5.32 Å². The molecule has 22 heavy (non-hydrogen) atoms. The maximum Gasteiger partial charge on any atom is 0.254 e. The molecule has 1 unspecified atom stereocenters. The number of hydrogen-bond donors (Lipinski definition) is 1. The Balaban J connectivity index is 1.95. The number of fused-ring (bicyclic) bond motifs is 1. The standard InChI is InChI=1S/C14H17N5O3/c1-20-7-10-6-13(19-14(17-10)15-9-16-19)18-11(8-21-2)12-4-3-5-22-12/h3-6,9,11,18H,7-8H2,1-2H3. The molecule has 3 aromatic heterocycles. The molecular weight excluding hydrogens is 286 g/mol. The lowest BCUT2D eigenvalue weighted by Crippen LogP contribution is -2.18. The van der Waals surface area contributed by atoms with Crippen molar-refractivity contribution in [2.24, 2.45) is 0 Å². The number of anilines is 1. The first-order valence-electron chi connectivity index (χ1n) is 6.79. The van der Waals surface area contributed by atoms with Crippen molar-refractivity contribution in [3.05, 3.63) is 42.2 Å². The monoisotopic (exact) mass is 303 g/mol. The highest BCUT2D eigenvalue weighted by atomic mass is 16.5. The van der Waals surface area contributed by atoms with E-state index < -0.39 is 0 Å². The van der Waals surface area contributed by atoms with Gasteiger partial charge in [0.25, 0.3) is 5.78 Å². The molecule has 3 heterocycles. The molecule has 0 aromatic carbocycles. The predicted octanol–water partition coefficient (Wildman–Crippen LogP) is 1.66. The van der Waals surface area contributed by atoms with Gasteiger partial charge in [0.2, 0.25) is 0 Å². The van der Waals surface area contributed by atoms with Crippen molar-refractivity contribution in [2.45, 2.75) is 12.6 Å². The van der Waals surface area contributed by atoms with Gasteiger partial charge in [-0.15, -0.1) is 0 Å². The lowest BCUT2D eigenvalue weighted by atomic mass is 10.2. The van der Waals surface area contributed by atoms with Crippen LogP contribution >= 0.6 is 0 Å². The summed E-state index contributed by atoms with van der Waals surface area (Å²) in [4.78, 5) is 8.50. The Bertz CT molecular complexity index is 725. The Kier molecular flexibility index (Phi) is 4.31. The number of aromatic nitrogens is 4. The quantitative estimate of drug-likeness (QED) is 0.710. The first-order valence-corrected chi connectivity index (χ1v) is 6.79. The van der Waals surface area contributed by atoms with Gasteiger partial charge in [-0.25, -0.2) is 4.98 Å². The average molecular weight is 303 g/mol. The molecule has 0 aliphatic heterocycles. The molecule has 0 spiro atoms. The number of ether oxygens (including phenoxy) is 2. The summed E-state index contributed by atoms with van der Waals surface area (Å²) in [7, 11) is 3.27. The summed E-state index contributed by atoms with van der Waals surface area (Å²) >= 11 is 0. The van der Waals surface area contributed by atoms with Gasteiger partial charge >= 0.3 is 0 Å². The minimum absolute atomic E-state index is 0.148. The number of furan rings is 1. The summed E-state index contributed by atoms with van der Waals surface area (Å²) < 4.78 is 17.5. The highest BCUT2D eigenvalue weighted by Gasteiger charge is 2.17. The number of nitrogens with zero attached hydrogens (tertiary/aromatic N) is 4. The molecule has 3 aromatic rings. The predicted molar refractivity (Wildman–Crippen MR) is 78.4 cm³/mol. The molecule has 0 amide bonds. The van der Waals surface area contributed by atoms with Crippen LogP contribution in [0.2, 0.25) is 0 Å². The van der Waals surface area contributed by atoms with Gasteiger partial charge in [0.05, 0.1) is 25.2 Å². The van der Waals surface area contributed by atoms with Crippen molar-refractivity contribution in [3.8, 4) is 0 Å². The Morgan fingerprint density at radius 1 is 1.36 bits per heavy atom. The summed E-state index contributed by atoms with van der Waals surface area (Å²) in [6.07, 6.45) is 3.09. The Morgan fingerprint density at radius 2 is 2.27 bits per heavy atom. The molecule has 0 aliphatic rings. The van der Waals surface area contributed by atoms with Gasteiger partial charge in [-0.3, -0.25) is 0 Å². The van der Waals surface area contributed by atoms with Crippen LogP contribution in [-0.2, 0) is 16.1 Å². The highest BCUT2D eigenvalue weighted by molar-refractivity contribution is 5.46. The largest absolute Gasteiger partial charge is 0.467 e. The van der Waals surface area contributed by atoms with Crippen LogP contribution in [0, 0.1) is 0 Å². The second kappa shape index (κ2) is 6.54. The van der Waals surface area contributed by atoms with Crippen LogP contribution in [0.4, 0.5) is 5.82 Å². The van der Waals surface area contributed by atoms with Crippen molar-refractivity contribution in [2.75, 3.05) is 26.1 Å². The molecule has 0 saturated carbocycles. The Morgan fingerprint density at radius 3 is 3.00 bits per heavy atom. The van der Waals surface area contributed by atoms with E-state index in [0.29, 0.717) is 19.0 Å². The SMILES string of the molecule is COCc1cc(NC(COC)c2ccco2)n2ncnc2n1. The van der Waals surface area contributed by atoms with E-state index in [4.69, 9.17) is 13.9 Å². The van der Waals surface area contributed by atoms with Crippen molar-refractivity contribution in [1.29, 1.82) is 0 Å². The summed E-state index contributed by atoms with van der Waals surface area (Å²) in [6.45, 7) is 0.847. The third-order valence-corrected chi connectivity index (χ3v) is 3.14. The van der Waals surface area contributed by atoms with E-state index in [1.807, 2.05) is 18.2 Å². The second-order valence-electron chi connectivity index (χ2n) is 4.71. The van der Waals surface area contributed by atoms with Crippen molar-refractivity contribution >= 4 is 11.6 Å². The van der Waals surface area contributed by atoms with E-state index in [9.17, 15) is 0 Å². The van der Waals surface area contributed by atoms with Crippen LogP contribution in [0.15, 0.2) is 35.2 Å². The molecule has 1 N–H and O–H groups in total. The van der Waals surface area contributed by atoms with E-state index in [-0.39, 0.29) is 6.04 Å². The zero-order chi connectivity index (χ0) is 15.4. The first-order chi connectivity index (χ1) is 10.8. The molecular formula is C14H17N5O3. The fourth-order valence-electron chi connectivity index (χ4n) is 2.22. The van der Waals surface area contributed by atoms with Crippen molar-refractivity contribution in [1.82, 2.24) is 19.6 Å². The normalized spacial score (nSPS) is 12.6. The van der Waals surface area contributed by atoms with Gasteiger partial charge in [0.1, 0.15) is 23.9 Å². The van der Waals surface area contributed by atoms with Crippen molar-refractivity contribution < 1.29 is 13.9 Å². The lowest BCUT2D eigenvalue weighted by Gasteiger charge is -2.17. The number of hydrogen-bond acceptors (Lipinski definition) is 7. The molecule has 0 saturated heterocycles. The summed E-state index contributed by atoms with van der Waals surface area (Å²) in [5, 5.41) is 7.54. The van der Waals surface area contributed by atoms with Crippen LogP contribution in [0.3, 0.4) is 0 Å². The number of nitrogens with one attached hydrogen (secondary N) is 1. The third-order valence-electron chi connectivity index (χ3n) is 3.14. The van der Waals surface area contributed by atoms with Gasteiger partial charge in [0, 0.05) is 20.3 Å². The van der Waals surface area contributed by atoms with Gasteiger partial charge in [0.15, 0.2) is 0 Å². The first kappa shape index (κ1) is 14.5. The molecule has 0 radical (unpaired) electrons. The summed E-state index contributed by atoms with van der Waals surface area (Å²) in [5.41, 5.74) is 0.765. The minimum atomic E-state index is -0.148. The summed E-state index contributed by atoms with van der Waals surface area (Å²) in [5.74, 6) is 2.03. The molecule has 8 nitrogen and oxygen atoms in total. The zero-order valence-electron chi connectivity index (χ0n) is 12.4. The number of methoxy groups -OCH3 is 2. The molecule has 0 bridgehead atoms. The maximum absolute atomic E-state index is 5.46. The fraction of sp³-hybridized carbons (Fsp3) is 0.357. The minimum Gasteiger partial charge on any atom is -0.467 e. The van der Waals surface area contributed by atoms with Crippen LogP contribution in [0.5, 0.6) is 0 Å². The number of rotatable bonds is 7. The lowest BCUT2D eigenvalue weighted by molar-refractivity contribution is 0.178. The smallest absolute Gasteiger partial charge is 0.254 e. The zero-order valence-corrected chi connectivity index (χ0v) is 12.4. The van der Waals surface area contributed by atoms with Crippen molar-refractivity contribution in [3.63, 3.8) is 0 Å². The van der Waals surface area contributed by atoms with Gasteiger partial charge in [-0.1, -0.05) is 0 Å². The van der Waals surface area contributed by atoms with Crippen LogP contribution in [0.25, 0.3) is 5.78 Å². The van der Waals surface area contributed by atoms with Crippen LogP contribution in [0.1, 0.15) is 17.5 Å². The third kappa shape index (κ3) is 2.92. The average Bonchev–Trinajstić information content (AvgIpc) is 3.18. The highest BCUT2D eigenvalue weighted by Crippen LogP contribution is 2.21. The van der Waals surface area contributed by atoms with E-state index in [1.165, 1.54) is 6.33 Å². The molecule has 1 atom stereocenters. The molecule has 8 heteroatoms. The molecule has 116 valence electrons. The molecule has 0 aliphatic carbocycles. The summed E-state index contributed by atoms with van der Waals surface area (Å²) in [6, 6.07) is 5.46. The van der Waals surface area contributed by atoms with Gasteiger partial charge in [-0.2, -0.15) is 14.6 Å². The van der Waals surface area contributed by atoms with E-state index >= 15 is 0 Å². The van der Waals surface area contributed by atoms with Gasteiger partial charge in [-0.05, 0) is 12.1 Å². The second-order valence-corrected chi connectivity index (χ2v) is 4.71.